The molecule has 0 amide bonds. The third-order valence-electron chi connectivity index (χ3n) is 10.6. The van der Waals surface area contributed by atoms with E-state index in [-0.39, 0.29) is 11.8 Å². The van der Waals surface area contributed by atoms with Crippen molar-refractivity contribution < 1.29 is 4.74 Å². The average molecular weight is 628 g/mol. The molecule has 2 unspecified atom stereocenters. The van der Waals surface area contributed by atoms with Gasteiger partial charge in [-0.15, -0.1) is 0 Å². The van der Waals surface area contributed by atoms with Gasteiger partial charge in [0.25, 0.3) is 0 Å². The van der Waals surface area contributed by atoms with Gasteiger partial charge in [0.05, 0.1) is 28.8 Å². The number of hydrogen-bond acceptors (Lipinski definition) is 3. The van der Waals surface area contributed by atoms with E-state index >= 15 is 0 Å². The van der Waals surface area contributed by atoms with Crippen LogP contribution in [0, 0.1) is 0 Å². The number of para-hydroxylation sites is 3. The van der Waals surface area contributed by atoms with Crippen molar-refractivity contribution in [3.8, 4) is 11.4 Å². The van der Waals surface area contributed by atoms with E-state index in [0.717, 1.165) is 34.3 Å². The molecule has 230 valence electrons. The van der Waals surface area contributed by atoms with Gasteiger partial charge in [0, 0.05) is 51.6 Å². The first-order chi connectivity index (χ1) is 24.3. The number of pyridine rings is 1. The summed E-state index contributed by atoms with van der Waals surface area (Å²) in [6, 6.07) is 47.7. The van der Waals surface area contributed by atoms with Crippen LogP contribution in [0.4, 0.5) is 17.1 Å². The second-order valence-corrected chi connectivity index (χ2v) is 13.2. The van der Waals surface area contributed by atoms with Crippen molar-refractivity contribution in [3.63, 3.8) is 0 Å². The first-order valence-corrected chi connectivity index (χ1v) is 16.9. The molecule has 4 heteroatoms. The summed E-state index contributed by atoms with van der Waals surface area (Å²) in [6.07, 6.45) is 10.8. The van der Waals surface area contributed by atoms with E-state index in [9.17, 15) is 0 Å². The SMILES string of the molecule is C1=CC2c3c(ccc4c3c1cc1c4c3ccccc3n1-c1cccnc1)C=C1Oc3cc(N(c4ccccc4)c4ccccc4)ccc3C12. The maximum atomic E-state index is 6.77. The fourth-order valence-electron chi connectivity index (χ4n) is 8.61. The van der Waals surface area contributed by atoms with Gasteiger partial charge in [-0.2, -0.15) is 0 Å². The van der Waals surface area contributed by atoms with E-state index in [2.05, 4.69) is 160 Å². The van der Waals surface area contributed by atoms with Crippen LogP contribution in [0.5, 0.6) is 5.75 Å². The van der Waals surface area contributed by atoms with E-state index in [1.165, 1.54) is 54.8 Å². The molecule has 0 N–H and O–H groups in total. The molecule has 0 saturated carbocycles. The number of fused-ring (bicyclic) bond motifs is 8. The van der Waals surface area contributed by atoms with Gasteiger partial charge >= 0.3 is 0 Å². The highest BCUT2D eigenvalue weighted by atomic mass is 16.5. The first kappa shape index (κ1) is 26.7. The summed E-state index contributed by atoms with van der Waals surface area (Å²) in [6.45, 7) is 0. The largest absolute Gasteiger partial charge is 0.461 e. The van der Waals surface area contributed by atoms with Crippen molar-refractivity contribution in [2.75, 3.05) is 4.90 Å². The fraction of sp³-hybridized carbons (Fsp3) is 0.0444. The molecule has 2 aliphatic carbocycles. The molecule has 0 fully saturated rings. The molecule has 0 spiro atoms. The Bertz CT molecular complexity index is 2650. The van der Waals surface area contributed by atoms with Crippen molar-refractivity contribution in [3.05, 3.63) is 180 Å². The quantitative estimate of drug-likeness (QED) is 0.194. The molecule has 0 radical (unpaired) electrons. The van der Waals surface area contributed by atoms with E-state index in [1.54, 1.807) is 0 Å². The van der Waals surface area contributed by atoms with E-state index in [0.29, 0.717) is 0 Å². The third-order valence-corrected chi connectivity index (χ3v) is 10.6. The predicted octanol–water partition coefficient (Wildman–Crippen LogP) is 11.4. The smallest absolute Gasteiger partial charge is 0.133 e. The predicted molar refractivity (Wildman–Crippen MR) is 200 cm³/mol. The van der Waals surface area contributed by atoms with Crippen LogP contribution in [0.15, 0.2) is 158 Å². The molecule has 49 heavy (non-hydrogen) atoms. The van der Waals surface area contributed by atoms with Crippen LogP contribution in [-0.2, 0) is 0 Å². The second kappa shape index (κ2) is 10.1. The summed E-state index contributed by atoms with van der Waals surface area (Å²) >= 11 is 0. The zero-order valence-corrected chi connectivity index (χ0v) is 26.5. The lowest BCUT2D eigenvalue weighted by Crippen LogP contribution is -2.17. The maximum absolute atomic E-state index is 6.77. The summed E-state index contributed by atoms with van der Waals surface area (Å²) < 4.78 is 9.13. The molecule has 11 rings (SSSR count). The molecule has 2 atom stereocenters. The van der Waals surface area contributed by atoms with E-state index in [1.807, 2.05) is 18.5 Å². The number of hydrogen-bond donors (Lipinski definition) is 0. The fourth-order valence-corrected chi connectivity index (χ4v) is 8.61. The zero-order chi connectivity index (χ0) is 32.1. The lowest BCUT2D eigenvalue weighted by molar-refractivity contribution is 0.422. The highest BCUT2D eigenvalue weighted by molar-refractivity contribution is 6.24. The van der Waals surface area contributed by atoms with Crippen molar-refractivity contribution in [2.24, 2.45) is 0 Å². The van der Waals surface area contributed by atoms with Gasteiger partial charge in [0.15, 0.2) is 0 Å². The molecule has 6 aromatic carbocycles. The van der Waals surface area contributed by atoms with Gasteiger partial charge in [-0.1, -0.05) is 84.9 Å². The topological polar surface area (TPSA) is 30.3 Å². The summed E-state index contributed by atoms with van der Waals surface area (Å²) in [5.41, 5.74) is 11.9. The zero-order valence-electron chi connectivity index (χ0n) is 26.5. The van der Waals surface area contributed by atoms with Crippen molar-refractivity contribution in [1.29, 1.82) is 0 Å². The highest BCUT2D eigenvalue weighted by Gasteiger charge is 2.41. The van der Waals surface area contributed by atoms with Gasteiger partial charge in [0.2, 0.25) is 0 Å². The molecule has 2 aromatic heterocycles. The lowest BCUT2D eigenvalue weighted by atomic mass is 9.71. The maximum Gasteiger partial charge on any atom is 0.133 e. The molecule has 3 aliphatic rings. The number of nitrogens with zero attached hydrogens (tertiary/aromatic N) is 3. The van der Waals surface area contributed by atoms with Crippen LogP contribution in [0.1, 0.15) is 34.1 Å². The summed E-state index contributed by atoms with van der Waals surface area (Å²) in [5, 5.41) is 5.20. The monoisotopic (exact) mass is 627 g/mol. The van der Waals surface area contributed by atoms with Crippen molar-refractivity contribution in [2.45, 2.75) is 11.8 Å². The molecule has 0 bridgehead atoms. The molecule has 0 saturated heterocycles. The number of rotatable bonds is 4. The Morgan fingerprint density at radius 2 is 1.43 bits per heavy atom. The Hall–Kier alpha value is -6.39. The molecule has 3 heterocycles. The Balaban J connectivity index is 1.08. The minimum atomic E-state index is 0.126. The van der Waals surface area contributed by atoms with Gasteiger partial charge in [-0.05, 0) is 88.1 Å². The average Bonchev–Trinajstić information content (AvgIpc) is 3.70. The summed E-state index contributed by atoms with van der Waals surface area (Å²) in [5.74, 6) is 2.27. The number of benzene rings is 6. The Labute approximate surface area is 283 Å². The third kappa shape index (κ3) is 3.77. The van der Waals surface area contributed by atoms with Crippen LogP contribution in [0.3, 0.4) is 0 Å². The first-order valence-electron chi connectivity index (χ1n) is 16.9. The normalized spacial score (nSPS) is 16.8. The number of allylic oxidation sites excluding steroid dienone is 2. The van der Waals surface area contributed by atoms with Gasteiger partial charge < -0.3 is 14.2 Å². The summed E-state index contributed by atoms with van der Waals surface area (Å²) in [4.78, 5) is 6.76. The van der Waals surface area contributed by atoms with Crippen molar-refractivity contribution in [1.82, 2.24) is 9.55 Å². The minimum absolute atomic E-state index is 0.126. The molecular formula is C45H29N3O. The highest BCUT2D eigenvalue weighted by Crippen LogP contribution is 2.57. The number of anilines is 3. The van der Waals surface area contributed by atoms with Crippen molar-refractivity contribution >= 4 is 61.8 Å². The Morgan fingerprint density at radius 1 is 0.633 bits per heavy atom. The number of ether oxygens (including phenoxy) is 1. The van der Waals surface area contributed by atoms with Crippen LogP contribution in [0.2, 0.25) is 0 Å². The standard InChI is InChI=1S/C45H29N3O/c1-3-10-30(11-4-1)47(31-12-5-2-6-13-31)32-19-22-35-40(26-32)49-41-25-29-18-20-36-42-28(17-21-37(43(29)42)45(35)41)24-39-44(36)34-15-7-8-16-38(34)48(39)33-14-9-23-46-27-33/h1-27,37,45H. The van der Waals surface area contributed by atoms with Gasteiger partial charge in [-0.25, -0.2) is 0 Å². The Morgan fingerprint density at radius 3 is 2.22 bits per heavy atom. The van der Waals surface area contributed by atoms with Crippen LogP contribution in [-0.4, -0.2) is 9.55 Å². The Kier molecular flexibility index (Phi) is 5.47. The molecule has 8 aromatic rings. The van der Waals surface area contributed by atoms with Crippen LogP contribution >= 0.6 is 0 Å². The molecular weight excluding hydrogens is 599 g/mol. The number of aromatic nitrogens is 2. The van der Waals surface area contributed by atoms with E-state index in [4.69, 9.17) is 4.74 Å². The molecule has 1 aliphatic heterocycles. The minimum Gasteiger partial charge on any atom is -0.461 e. The van der Waals surface area contributed by atoms with E-state index < -0.39 is 0 Å². The van der Waals surface area contributed by atoms with Gasteiger partial charge in [0.1, 0.15) is 11.5 Å². The van der Waals surface area contributed by atoms with Gasteiger partial charge in [-0.3, -0.25) is 4.98 Å². The second-order valence-electron chi connectivity index (χ2n) is 13.2. The lowest BCUT2D eigenvalue weighted by Gasteiger charge is -2.32. The van der Waals surface area contributed by atoms with Crippen LogP contribution in [0.25, 0.3) is 50.4 Å². The molecule has 4 nitrogen and oxygen atoms in total. The summed E-state index contributed by atoms with van der Waals surface area (Å²) in [7, 11) is 0. The van der Waals surface area contributed by atoms with Crippen LogP contribution < -0.4 is 9.64 Å².